The average molecular weight is 883 g/mol. The second kappa shape index (κ2) is 16.7. The van der Waals surface area contributed by atoms with E-state index in [9.17, 15) is 4.79 Å². The van der Waals surface area contributed by atoms with E-state index in [-0.39, 0.29) is 24.1 Å². The van der Waals surface area contributed by atoms with Gasteiger partial charge in [0.25, 0.3) is 0 Å². The molecular formula is C41H59IN6O4Si2. The van der Waals surface area contributed by atoms with Crippen molar-refractivity contribution in [3.63, 3.8) is 0 Å². The van der Waals surface area contributed by atoms with Gasteiger partial charge in [0.1, 0.15) is 19.1 Å². The SMILES string of the molecule is CC(C)(C)OC(=O)N1[C@@H]2CC[C@H]1C[C@H](c1nc3c(-c4ccc(-c5ccccc5)nc4)cnn3c(N(COCC[Si](C)(C)C)COCC[Si](C)(C)C)c1I)C2. The fourth-order valence-electron chi connectivity index (χ4n) is 7.33. The molecule has 0 spiro atoms. The molecule has 3 aromatic heterocycles. The Morgan fingerprint density at radius 2 is 1.48 bits per heavy atom. The number of anilines is 1. The summed E-state index contributed by atoms with van der Waals surface area (Å²) in [4.78, 5) is 27.9. The van der Waals surface area contributed by atoms with Gasteiger partial charge in [-0.2, -0.15) is 9.61 Å². The van der Waals surface area contributed by atoms with Crippen molar-refractivity contribution in [1.29, 1.82) is 0 Å². The molecule has 2 bridgehead atoms. The highest BCUT2D eigenvalue weighted by Gasteiger charge is 2.46. The van der Waals surface area contributed by atoms with Crippen LogP contribution in [0.25, 0.3) is 28.0 Å². The monoisotopic (exact) mass is 882 g/mol. The van der Waals surface area contributed by atoms with Crippen LogP contribution in [-0.4, -0.2) is 91.1 Å². The Morgan fingerprint density at radius 1 is 0.870 bits per heavy atom. The number of halogens is 1. The molecule has 1 aromatic carbocycles. The van der Waals surface area contributed by atoms with E-state index in [4.69, 9.17) is 29.3 Å². The zero-order valence-corrected chi connectivity index (χ0v) is 37.9. The minimum absolute atomic E-state index is 0.117. The first kappa shape index (κ1) is 40.8. The standard InChI is InChI=1S/C41H59IN6O4Si2/c1-41(2,3)52-40(49)47-32-16-17-33(47)24-31(23-32)37-36(42)39(46(27-50-19-21-53(4,5)6)28-51-20-22-54(7,8)9)48-38(45-37)34(26-44-48)30-15-18-35(43-25-30)29-13-11-10-12-14-29/h10-15,18,25-26,31-33H,16-17,19-24,27-28H2,1-9H3/t31-,32-,33+. The van der Waals surface area contributed by atoms with Crippen LogP contribution in [0.5, 0.6) is 0 Å². The van der Waals surface area contributed by atoms with Gasteiger partial charge in [-0.3, -0.25) is 4.98 Å². The van der Waals surface area contributed by atoms with E-state index in [1.807, 2.05) is 60.8 Å². The average Bonchev–Trinajstić information content (AvgIpc) is 3.63. The number of piperidine rings is 1. The van der Waals surface area contributed by atoms with Crippen LogP contribution in [0, 0.1) is 3.57 Å². The van der Waals surface area contributed by atoms with Crippen molar-refractivity contribution in [2.24, 2.45) is 0 Å². The highest BCUT2D eigenvalue weighted by Crippen LogP contribution is 2.46. The Kier molecular flexibility index (Phi) is 12.6. The first-order chi connectivity index (χ1) is 25.5. The molecule has 0 unspecified atom stereocenters. The summed E-state index contributed by atoms with van der Waals surface area (Å²) in [5.41, 5.74) is 5.17. The van der Waals surface area contributed by atoms with Crippen molar-refractivity contribution in [2.45, 2.75) is 121 Å². The van der Waals surface area contributed by atoms with Gasteiger partial charge in [0, 0.05) is 70.3 Å². The van der Waals surface area contributed by atoms with Crippen molar-refractivity contribution in [2.75, 3.05) is 31.6 Å². The maximum Gasteiger partial charge on any atom is 0.410 e. The zero-order chi connectivity index (χ0) is 38.8. The van der Waals surface area contributed by atoms with Crippen LogP contribution in [0.3, 0.4) is 0 Å². The summed E-state index contributed by atoms with van der Waals surface area (Å²) < 4.78 is 21.8. The first-order valence-electron chi connectivity index (χ1n) is 19.5. The Morgan fingerprint density at radius 3 is 2.02 bits per heavy atom. The molecule has 292 valence electrons. The molecule has 13 heteroatoms. The number of amides is 1. The molecule has 2 aliphatic rings. The third-order valence-electron chi connectivity index (χ3n) is 10.2. The van der Waals surface area contributed by atoms with Crippen LogP contribution in [0.15, 0.2) is 54.9 Å². The molecule has 2 fully saturated rings. The second-order valence-electron chi connectivity index (χ2n) is 18.4. The van der Waals surface area contributed by atoms with Gasteiger partial charge in [-0.1, -0.05) is 75.7 Å². The maximum atomic E-state index is 13.4. The van der Waals surface area contributed by atoms with Crippen LogP contribution in [0.2, 0.25) is 51.4 Å². The molecular weight excluding hydrogens is 824 g/mol. The largest absolute Gasteiger partial charge is 0.444 e. The molecule has 2 saturated heterocycles. The fraction of sp³-hybridized carbons (Fsp3) is 0.561. The van der Waals surface area contributed by atoms with Crippen LogP contribution >= 0.6 is 22.6 Å². The molecule has 5 heterocycles. The lowest BCUT2D eigenvalue weighted by atomic mass is 9.88. The Labute approximate surface area is 337 Å². The number of pyridine rings is 1. The van der Waals surface area contributed by atoms with Crippen molar-refractivity contribution in [3.8, 4) is 22.4 Å². The Balaban J connectivity index is 1.40. The number of hydrogen-bond donors (Lipinski definition) is 0. The van der Waals surface area contributed by atoms with Gasteiger partial charge in [-0.25, -0.2) is 9.78 Å². The van der Waals surface area contributed by atoms with Crippen LogP contribution in [0.1, 0.15) is 58.1 Å². The number of benzene rings is 1. The van der Waals surface area contributed by atoms with E-state index in [0.717, 1.165) is 80.9 Å². The maximum absolute atomic E-state index is 13.4. The van der Waals surface area contributed by atoms with Crippen LogP contribution in [0.4, 0.5) is 10.6 Å². The minimum Gasteiger partial charge on any atom is -0.444 e. The van der Waals surface area contributed by atoms with Crippen molar-refractivity contribution < 1.29 is 19.0 Å². The topological polar surface area (TPSA) is 94.3 Å². The molecule has 0 N–H and O–H groups in total. The quantitative estimate of drug-likeness (QED) is 0.0535. The normalized spacial score (nSPS) is 19.1. The molecule has 54 heavy (non-hydrogen) atoms. The van der Waals surface area contributed by atoms with E-state index >= 15 is 0 Å². The molecule has 0 saturated carbocycles. The van der Waals surface area contributed by atoms with E-state index in [0.29, 0.717) is 26.7 Å². The lowest BCUT2D eigenvalue weighted by molar-refractivity contribution is 0.00566. The summed E-state index contributed by atoms with van der Waals surface area (Å²) in [5, 5.41) is 5.00. The number of nitrogens with zero attached hydrogens (tertiary/aromatic N) is 6. The molecule has 0 aliphatic carbocycles. The molecule has 0 radical (unpaired) electrons. The fourth-order valence-corrected chi connectivity index (χ4v) is 9.98. The number of carbonyl (C=O) groups is 1. The third-order valence-corrected chi connectivity index (χ3v) is 14.7. The Hall–Kier alpha value is -2.86. The molecule has 1 amide bonds. The molecule has 10 nitrogen and oxygen atoms in total. The molecule has 3 atom stereocenters. The number of fused-ring (bicyclic) bond motifs is 3. The molecule has 2 aliphatic heterocycles. The van der Waals surface area contributed by atoms with E-state index < -0.39 is 21.7 Å². The van der Waals surface area contributed by atoms with Gasteiger partial charge >= 0.3 is 6.09 Å². The van der Waals surface area contributed by atoms with Gasteiger partial charge in [-0.05, 0) is 87.2 Å². The molecule has 6 rings (SSSR count). The smallest absolute Gasteiger partial charge is 0.410 e. The van der Waals surface area contributed by atoms with Gasteiger partial charge in [0.2, 0.25) is 0 Å². The summed E-state index contributed by atoms with van der Waals surface area (Å²) in [7, 11) is -2.57. The third kappa shape index (κ3) is 10.1. The predicted octanol–water partition coefficient (Wildman–Crippen LogP) is 10.1. The van der Waals surface area contributed by atoms with Crippen LogP contribution < -0.4 is 4.90 Å². The Bertz CT molecular complexity index is 1850. The van der Waals surface area contributed by atoms with E-state index in [1.54, 1.807) is 0 Å². The van der Waals surface area contributed by atoms with Gasteiger partial charge in [0.05, 0.1) is 21.2 Å². The van der Waals surface area contributed by atoms with Gasteiger partial charge in [-0.15, -0.1) is 0 Å². The minimum atomic E-state index is -1.28. The zero-order valence-electron chi connectivity index (χ0n) is 33.7. The predicted molar refractivity (Wildman–Crippen MR) is 232 cm³/mol. The summed E-state index contributed by atoms with van der Waals surface area (Å²) >= 11 is 2.48. The summed E-state index contributed by atoms with van der Waals surface area (Å²) in [5.74, 6) is 1.10. The van der Waals surface area contributed by atoms with Crippen molar-refractivity contribution >= 4 is 56.3 Å². The lowest BCUT2D eigenvalue weighted by Crippen LogP contribution is -2.48. The van der Waals surface area contributed by atoms with Crippen molar-refractivity contribution in [1.82, 2.24) is 24.5 Å². The first-order valence-corrected chi connectivity index (χ1v) is 28.0. The van der Waals surface area contributed by atoms with E-state index in [1.165, 1.54) is 0 Å². The van der Waals surface area contributed by atoms with Crippen molar-refractivity contribution in [3.05, 3.63) is 64.1 Å². The summed E-state index contributed by atoms with van der Waals surface area (Å²) in [6.07, 6.45) is 7.27. The van der Waals surface area contributed by atoms with Gasteiger partial charge in [0.15, 0.2) is 11.5 Å². The summed E-state index contributed by atoms with van der Waals surface area (Å²) in [6.45, 7) is 22.3. The number of ether oxygens (including phenoxy) is 3. The number of hydrogen-bond acceptors (Lipinski definition) is 8. The number of aromatic nitrogens is 4. The van der Waals surface area contributed by atoms with Gasteiger partial charge < -0.3 is 24.0 Å². The van der Waals surface area contributed by atoms with E-state index in [2.05, 4.69) is 91.0 Å². The molecule has 4 aromatic rings. The number of carbonyl (C=O) groups excluding carboxylic acids is 1. The number of rotatable bonds is 14. The summed E-state index contributed by atoms with van der Waals surface area (Å²) in [6, 6.07) is 16.8. The highest BCUT2D eigenvalue weighted by atomic mass is 127. The lowest BCUT2D eigenvalue weighted by Gasteiger charge is -2.39. The second-order valence-corrected chi connectivity index (χ2v) is 30.7. The highest BCUT2D eigenvalue weighted by molar-refractivity contribution is 14.1. The van der Waals surface area contributed by atoms with Crippen LogP contribution in [-0.2, 0) is 14.2 Å².